The molecule has 1 aromatic heterocycles. The lowest BCUT2D eigenvalue weighted by Gasteiger charge is -2.14. The van der Waals surface area contributed by atoms with E-state index in [0.29, 0.717) is 0 Å². The standard InChI is InChI=1S/C16H16F3N3O4/c1-3-21-13(24)11(14(25)22(4-2)15(21)26)12(23)20-10-7-5-9(6-8-10)16(17,18)19/h5-8,24H,3-4H2,1-2H3,(H,20,23). The van der Waals surface area contributed by atoms with Gasteiger partial charge in [-0.3, -0.25) is 18.7 Å². The summed E-state index contributed by atoms with van der Waals surface area (Å²) in [7, 11) is 0. The third kappa shape index (κ3) is 3.48. The van der Waals surface area contributed by atoms with E-state index in [1.165, 1.54) is 6.92 Å². The molecule has 0 unspecified atom stereocenters. The van der Waals surface area contributed by atoms with Crippen molar-refractivity contribution in [1.82, 2.24) is 9.13 Å². The van der Waals surface area contributed by atoms with Crippen LogP contribution in [0.15, 0.2) is 33.9 Å². The second-order valence-electron chi connectivity index (χ2n) is 5.30. The van der Waals surface area contributed by atoms with Crippen LogP contribution in [0.25, 0.3) is 0 Å². The molecule has 0 aliphatic rings. The van der Waals surface area contributed by atoms with Gasteiger partial charge in [-0.05, 0) is 38.1 Å². The fourth-order valence-corrected chi connectivity index (χ4v) is 2.39. The van der Waals surface area contributed by atoms with Gasteiger partial charge in [0.15, 0.2) is 5.56 Å². The molecule has 2 rings (SSSR count). The Balaban J connectivity index is 2.45. The Morgan fingerprint density at radius 1 is 1.08 bits per heavy atom. The van der Waals surface area contributed by atoms with Crippen molar-refractivity contribution in [2.24, 2.45) is 0 Å². The monoisotopic (exact) mass is 371 g/mol. The molecule has 1 aromatic carbocycles. The minimum atomic E-state index is -4.52. The Labute approximate surface area is 145 Å². The molecular weight excluding hydrogens is 355 g/mol. The van der Waals surface area contributed by atoms with Crippen molar-refractivity contribution in [2.75, 3.05) is 5.32 Å². The fraction of sp³-hybridized carbons (Fsp3) is 0.312. The minimum absolute atomic E-state index is 0.000836. The first-order valence-electron chi connectivity index (χ1n) is 7.67. The predicted octanol–water partition coefficient (Wildman–Crippen LogP) is 2.03. The number of nitrogens with one attached hydrogen (secondary N) is 1. The number of alkyl halides is 3. The maximum atomic E-state index is 12.6. The van der Waals surface area contributed by atoms with Crippen molar-refractivity contribution >= 4 is 11.6 Å². The largest absolute Gasteiger partial charge is 0.494 e. The number of hydrogen-bond donors (Lipinski definition) is 2. The zero-order valence-corrected chi connectivity index (χ0v) is 13.9. The van der Waals surface area contributed by atoms with Gasteiger partial charge in [-0.15, -0.1) is 0 Å². The minimum Gasteiger partial charge on any atom is -0.494 e. The van der Waals surface area contributed by atoms with Crippen LogP contribution in [0.3, 0.4) is 0 Å². The molecule has 1 amide bonds. The summed E-state index contributed by atoms with van der Waals surface area (Å²) in [5.41, 5.74) is -3.30. The van der Waals surface area contributed by atoms with Crippen molar-refractivity contribution in [3.8, 4) is 5.88 Å². The van der Waals surface area contributed by atoms with Crippen LogP contribution < -0.4 is 16.6 Å². The molecule has 26 heavy (non-hydrogen) atoms. The number of anilines is 1. The quantitative estimate of drug-likeness (QED) is 0.860. The first-order valence-corrected chi connectivity index (χ1v) is 7.67. The van der Waals surface area contributed by atoms with E-state index in [1.54, 1.807) is 6.92 Å². The number of aromatic nitrogens is 2. The highest BCUT2D eigenvalue weighted by atomic mass is 19.4. The lowest BCUT2D eigenvalue weighted by Crippen LogP contribution is -2.42. The molecule has 2 N–H and O–H groups in total. The molecule has 0 aliphatic heterocycles. The number of benzene rings is 1. The first kappa shape index (κ1) is 19.3. The van der Waals surface area contributed by atoms with Gasteiger partial charge in [-0.2, -0.15) is 13.2 Å². The normalized spacial score (nSPS) is 11.4. The number of carbonyl (C=O) groups excluding carboxylic acids is 1. The predicted molar refractivity (Wildman–Crippen MR) is 87.4 cm³/mol. The topological polar surface area (TPSA) is 93.3 Å². The summed E-state index contributed by atoms with van der Waals surface area (Å²) in [6.07, 6.45) is -4.52. The average molecular weight is 371 g/mol. The Bertz CT molecular complexity index is 943. The molecule has 7 nitrogen and oxygen atoms in total. The summed E-state index contributed by atoms with van der Waals surface area (Å²) in [6, 6.07) is 3.58. The second-order valence-corrected chi connectivity index (χ2v) is 5.30. The van der Waals surface area contributed by atoms with Crippen LogP contribution in [-0.2, 0) is 19.3 Å². The van der Waals surface area contributed by atoms with Crippen LogP contribution in [0.5, 0.6) is 5.88 Å². The molecule has 0 saturated carbocycles. The summed E-state index contributed by atoms with van der Waals surface area (Å²) in [5, 5.41) is 12.4. The molecule has 0 spiro atoms. The van der Waals surface area contributed by atoms with E-state index >= 15 is 0 Å². The maximum absolute atomic E-state index is 12.6. The van der Waals surface area contributed by atoms with Crippen molar-refractivity contribution < 1.29 is 23.1 Å². The van der Waals surface area contributed by atoms with Gasteiger partial charge in [-0.1, -0.05) is 0 Å². The molecule has 0 aliphatic carbocycles. The molecular formula is C16H16F3N3O4. The second kappa shape index (κ2) is 7.06. The lowest BCUT2D eigenvalue weighted by molar-refractivity contribution is -0.137. The highest BCUT2D eigenvalue weighted by Gasteiger charge is 2.30. The SMILES string of the molecule is CCn1c(O)c(C(=O)Nc2ccc(C(F)(F)F)cc2)c(=O)n(CC)c1=O. The van der Waals surface area contributed by atoms with Gasteiger partial charge in [0.1, 0.15) is 0 Å². The smallest absolute Gasteiger partial charge is 0.416 e. The zero-order valence-electron chi connectivity index (χ0n) is 13.9. The summed E-state index contributed by atoms with van der Waals surface area (Å²) in [4.78, 5) is 36.7. The van der Waals surface area contributed by atoms with E-state index in [0.717, 1.165) is 33.4 Å². The molecule has 0 fully saturated rings. The molecule has 0 saturated heterocycles. The highest BCUT2D eigenvalue weighted by molar-refractivity contribution is 6.05. The Morgan fingerprint density at radius 3 is 2.08 bits per heavy atom. The van der Waals surface area contributed by atoms with Gasteiger partial charge >= 0.3 is 11.9 Å². The number of nitrogens with zero attached hydrogens (tertiary/aromatic N) is 2. The molecule has 0 radical (unpaired) electrons. The van der Waals surface area contributed by atoms with Crippen LogP contribution in [0, 0.1) is 0 Å². The van der Waals surface area contributed by atoms with E-state index in [9.17, 15) is 32.7 Å². The molecule has 0 bridgehead atoms. The number of aromatic hydroxyl groups is 1. The van der Waals surface area contributed by atoms with Crippen LogP contribution in [0.4, 0.5) is 18.9 Å². The zero-order chi connectivity index (χ0) is 19.6. The molecule has 1 heterocycles. The van der Waals surface area contributed by atoms with E-state index in [1.807, 2.05) is 0 Å². The van der Waals surface area contributed by atoms with Crippen LogP contribution in [-0.4, -0.2) is 20.1 Å². The van der Waals surface area contributed by atoms with Crippen molar-refractivity contribution in [2.45, 2.75) is 33.1 Å². The number of halogens is 3. The van der Waals surface area contributed by atoms with Crippen molar-refractivity contribution in [3.05, 3.63) is 56.2 Å². The summed E-state index contributed by atoms with van der Waals surface area (Å²) >= 11 is 0. The number of carbonyl (C=O) groups is 1. The average Bonchev–Trinajstić information content (AvgIpc) is 2.55. The Kier molecular flexibility index (Phi) is 5.24. The summed E-state index contributed by atoms with van der Waals surface area (Å²) in [6.45, 7) is 3.07. The van der Waals surface area contributed by atoms with E-state index in [-0.39, 0.29) is 18.8 Å². The van der Waals surface area contributed by atoms with Gasteiger partial charge in [-0.25, -0.2) is 4.79 Å². The van der Waals surface area contributed by atoms with Gasteiger partial charge in [0, 0.05) is 18.8 Å². The number of hydrogen-bond acceptors (Lipinski definition) is 4. The van der Waals surface area contributed by atoms with Gasteiger partial charge < -0.3 is 10.4 Å². The third-order valence-electron chi connectivity index (χ3n) is 3.73. The Morgan fingerprint density at radius 2 is 1.62 bits per heavy atom. The third-order valence-corrected chi connectivity index (χ3v) is 3.73. The van der Waals surface area contributed by atoms with Crippen molar-refractivity contribution in [1.29, 1.82) is 0 Å². The molecule has 140 valence electrons. The summed E-state index contributed by atoms with van der Waals surface area (Å²) in [5.74, 6) is -1.83. The van der Waals surface area contributed by atoms with Gasteiger partial charge in [0.2, 0.25) is 5.88 Å². The van der Waals surface area contributed by atoms with Crippen LogP contribution in [0.2, 0.25) is 0 Å². The van der Waals surface area contributed by atoms with Crippen LogP contribution >= 0.6 is 0 Å². The molecule has 0 atom stereocenters. The lowest BCUT2D eigenvalue weighted by atomic mass is 10.2. The van der Waals surface area contributed by atoms with Crippen molar-refractivity contribution in [3.63, 3.8) is 0 Å². The van der Waals surface area contributed by atoms with E-state index < -0.39 is 40.3 Å². The Hall–Kier alpha value is -3.04. The summed E-state index contributed by atoms with van der Waals surface area (Å²) < 4.78 is 39.3. The fourth-order valence-electron chi connectivity index (χ4n) is 2.39. The van der Waals surface area contributed by atoms with E-state index in [4.69, 9.17) is 0 Å². The van der Waals surface area contributed by atoms with E-state index in [2.05, 4.69) is 5.32 Å². The molecule has 2 aromatic rings. The van der Waals surface area contributed by atoms with Crippen LogP contribution in [0.1, 0.15) is 29.8 Å². The number of amides is 1. The highest BCUT2D eigenvalue weighted by Crippen LogP contribution is 2.29. The number of rotatable bonds is 4. The molecule has 10 heteroatoms. The first-order chi connectivity index (χ1) is 12.1. The maximum Gasteiger partial charge on any atom is 0.416 e. The van der Waals surface area contributed by atoms with Gasteiger partial charge in [0.05, 0.1) is 5.56 Å². The van der Waals surface area contributed by atoms with Gasteiger partial charge in [0.25, 0.3) is 11.5 Å².